The van der Waals surface area contributed by atoms with E-state index in [9.17, 15) is 4.39 Å². The van der Waals surface area contributed by atoms with Crippen molar-refractivity contribution in [2.24, 2.45) is 0 Å². The van der Waals surface area contributed by atoms with E-state index in [1.807, 2.05) is 0 Å². The Morgan fingerprint density at radius 3 is 2.90 bits per heavy atom. The van der Waals surface area contributed by atoms with Crippen molar-refractivity contribution in [3.63, 3.8) is 0 Å². The minimum Gasteiger partial charge on any atom is -0.383 e. The summed E-state index contributed by atoms with van der Waals surface area (Å²) in [5.41, 5.74) is 5.87. The molecule has 1 heterocycles. The molecule has 0 saturated heterocycles. The molecule has 0 radical (unpaired) electrons. The summed E-state index contributed by atoms with van der Waals surface area (Å²) in [6.45, 7) is 0. The molecule has 1 rings (SSSR count). The molecule has 0 spiro atoms. The van der Waals surface area contributed by atoms with Crippen molar-refractivity contribution >= 4 is 17.4 Å². The van der Waals surface area contributed by atoms with E-state index in [4.69, 9.17) is 17.3 Å². The normalized spacial score (nSPS) is 9.80. The Labute approximate surface area is 62.8 Å². The number of hydrogen-bond donors (Lipinski definition) is 1. The molecule has 0 aliphatic heterocycles. The highest BCUT2D eigenvalue weighted by Crippen LogP contribution is 2.11. The molecule has 10 heavy (non-hydrogen) atoms. The fraction of sp³-hybridized carbons (Fsp3) is 0.167. The SMILES string of the molecule is Nc1ncc(F)cc1CCl. The lowest BCUT2D eigenvalue weighted by Gasteiger charge is -1.98. The van der Waals surface area contributed by atoms with E-state index < -0.39 is 5.82 Å². The van der Waals surface area contributed by atoms with E-state index in [0.29, 0.717) is 5.56 Å². The van der Waals surface area contributed by atoms with Crippen molar-refractivity contribution in [2.75, 3.05) is 5.73 Å². The molecule has 0 bridgehead atoms. The van der Waals surface area contributed by atoms with Crippen LogP contribution in [0.5, 0.6) is 0 Å². The van der Waals surface area contributed by atoms with Crippen LogP contribution in [0.2, 0.25) is 0 Å². The van der Waals surface area contributed by atoms with E-state index in [0.717, 1.165) is 6.20 Å². The van der Waals surface area contributed by atoms with E-state index in [1.165, 1.54) is 6.07 Å². The summed E-state index contributed by atoms with van der Waals surface area (Å²) < 4.78 is 12.4. The van der Waals surface area contributed by atoms with E-state index in [2.05, 4.69) is 4.98 Å². The molecule has 0 aromatic carbocycles. The smallest absolute Gasteiger partial charge is 0.141 e. The summed E-state index contributed by atoms with van der Waals surface area (Å²) in [6, 6.07) is 1.27. The van der Waals surface area contributed by atoms with Gasteiger partial charge in [-0.05, 0) is 6.07 Å². The minimum atomic E-state index is -0.412. The molecule has 0 saturated carbocycles. The third-order valence-corrected chi connectivity index (χ3v) is 1.40. The number of alkyl halides is 1. The average molecular weight is 161 g/mol. The van der Waals surface area contributed by atoms with Crippen molar-refractivity contribution in [1.29, 1.82) is 0 Å². The zero-order chi connectivity index (χ0) is 7.56. The fourth-order valence-corrected chi connectivity index (χ4v) is 0.813. The molecule has 0 aliphatic carbocycles. The minimum absolute atomic E-state index is 0.191. The number of pyridine rings is 1. The molecule has 0 unspecified atom stereocenters. The van der Waals surface area contributed by atoms with Gasteiger partial charge in [-0.15, -0.1) is 11.6 Å². The average Bonchev–Trinajstić information content (AvgIpc) is 1.94. The standard InChI is InChI=1S/C6H6ClFN2/c7-2-4-1-5(8)3-10-6(4)9/h1,3H,2H2,(H2,9,10). The number of halogens is 2. The van der Waals surface area contributed by atoms with Crippen molar-refractivity contribution < 1.29 is 4.39 Å². The molecule has 0 amide bonds. The highest BCUT2D eigenvalue weighted by atomic mass is 35.5. The number of aromatic nitrogens is 1. The van der Waals surface area contributed by atoms with Crippen LogP contribution in [-0.2, 0) is 5.88 Å². The number of nitrogens with zero attached hydrogens (tertiary/aromatic N) is 1. The van der Waals surface area contributed by atoms with Gasteiger partial charge in [0.05, 0.1) is 12.1 Å². The highest BCUT2D eigenvalue weighted by molar-refractivity contribution is 6.17. The second kappa shape index (κ2) is 2.84. The lowest BCUT2D eigenvalue weighted by Crippen LogP contribution is -1.96. The Hall–Kier alpha value is -0.830. The Bertz CT molecular complexity index is 239. The monoisotopic (exact) mass is 160 g/mol. The van der Waals surface area contributed by atoms with Gasteiger partial charge in [-0.3, -0.25) is 0 Å². The summed E-state index contributed by atoms with van der Waals surface area (Å²) in [5, 5.41) is 0. The van der Waals surface area contributed by atoms with Crippen LogP contribution in [-0.4, -0.2) is 4.98 Å². The quantitative estimate of drug-likeness (QED) is 0.633. The number of nitrogen functional groups attached to an aromatic ring is 1. The second-order valence-electron chi connectivity index (χ2n) is 1.83. The summed E-state index contributed by atoms with van der Waals surface area (Å²) in [5.74, 6) is 0.0672. The lowest BCUT2D eigenvalue weighted by molar-refractivity contribution is 0.620. The van der Waals surface area contributed by atoms with Gasteiger partial charge in [0.2, 0.25) is 0 Å². The first-order valence-electron chi connectivity index (χ1n) is 2.70. The van der Waals surface area contributed by atoms with Crippen LogP contribution in [0.15, 0.2) is 12.3 Å². The van der Waals surface area contributed by atoms with Gasteiger partial charge in [-0.25, -0.2) is 9.37 Å². The number of anilines is 1. The first-order chi connectivity index (χ1) is 4.74. The highest BCUT2D eigenvalue weighted by Gasteiger charge is 1.99. The fourth-order valence-electron chi connectivity index (χ4n) is 0.599. The maximum absolute atomic E-state index is 12.4. The van der Waals surface area contributed by atoms with E-state index in [1.54, 1.807) is 0 Å². The Kier molecular flexibility index (Phi) is 2.06. The van der Waals surface area contributed by atoms with E-state index in [-0.39, 0.29) is 11.7 Å². The zero-order valence-electron chi connectivity index (χ0n) is 5.14. The van der Waals surface area contributed by atoms with Gasteiger partial charge in [-0.1, -0.05) is 0 Å². The molecule has 0 atom stereocenters. The third kappa shape index (κ3) is 1.36. The lowest BCUT2D eigenvalue weighted by atomic mass is 10.3. The van der Waals surface area contributed by atoms with Gasteiger partial charge < -0.3 is 5.73 Å². The molecule has 2 nitrogen and oxygen atoms in total. The predicted molar refractivity (Wildman–Crippen MR) is 38.2 cm³/mol. The number of nitrogens with two attached hydrogens (primary N) is 1. The maximum Gasteiger partial charge on any atom is 0.141 e. The van der Waals surface area contributed by atoms with Gasteiger partial charge >= 0.3 is 0 Å². The summed E-state index contributed by atoms with van der Waals surface area (Å²) in [4.78, 5) is 3.57. The van der Waals surface area contributed by atoms with Gasteiger partial charge in [0.15, 0.2) is 0 Å². The molecule has 4 heteroatoms. The van der Waals surface area contributed by atoms with Gasteiger partial charge in [-0.2, -0.15) is 0 Å². The number of rotatable bonds is 1. The summed E-state index contributed by atoms with van der Waals surface area (Å²) >= 11 is 5.42. The molecular formula is C6H6ClFN2. The van der Waals surface area contributed by atoms with Crippen LogP contribution in [0.3, 0.4) is 0 Å². The van der Waals surface area contributed by atoms with Crippen molar-refractivity contribution in [1.82, 2.24) is 4.98 Å². The second-order valence-corrected chi connectivity index (χ2v) is 2.10. The summed E-state index contributed by atoms with van der Waals surface area (Å²) in [6.07, 6.45) is 1.06. The Balaban J connectivity index is 3.09. The van der Waals surface area contributed by atoms with Crippen LogP contribution in [0.25, 0.3) is 0 Å². The van der Waals surface area contributed by atoms with Gasteiger partial charge in [0.25, 0.3) is 0 Å². The third-order valence-electron chi connectivity index (χ3n) is 1.11. The molecule has 0 aliphatic rings. The van der Waals surface area contributed by atoms with Gasteiger partial charge in [0.1, 0.15) is 11.6 Å². The summed E-state index contributed by atoms with van der Waals surface area (Å²) in [7, 11) is 0. The maximum atomic E-state index is 12.4. The molecule has 2 N–H and O–H groups in total. The predicted octanol–water partition coefficient (Wildman–Crippen LogP) is 1.54. The van der Waals surface area contributed by atoms with Gasteiger partial charge in [0, 0.05) is 5.56 Å². The first kappa shape index (κ1) is 7.28. The van der Waals surface area contributed by atoms with Crippen molar-refractivity contribution in [3.05, 3.63) is 23.6 Å². The van der Waals surface area contributed by atoms with E-state index >= 15 is 0 Å². The van der Waals surface area contributed by atoms with Crippen LogP contribution in [0.1, 0.15) is 5.56 Å². The largest absolute Gasteiger partial charge is 0.383 e. The molecule has 54 valence electrons. The molecular weight excluding hydrogens is 155 g/mol. The van der Waals surface area contributed by atoms with Crippen LogP contribution >= 0.6 is 11.6 Å². The molecule has 1 aromatic heterocycles. The Morgan fingerprint density at radius 1 is 1.70 bits per heavy atom. The van der Waals surface area contributed by atoms with Crippen molar-refractivity contribution in [2.45, 2.75) is 5.88 Å². The topological polar surface area (TPSA) is 38.9 Å². The zero-order valence-corrected chi connectivity index (χ0v) is 5.90. The van der Waals surface area contributed by atoms with Crippen LogP contribution in [0.4, 0.5) is 10.2 Å². The molecule has 0 fully saturated rings. The number of hydrogen-bond acceptors (Lipinski definition) is 2. The van der Waals surface area contributed by atoms with Crippen LogP contribution in [0, 0.1) is 5.82 Å². The van der Waals surface area contributed by atoms with Crippen molar-refractivity contribution in [3.8, 4) is 0 Å². The van der Waals surface area contributed by atoms with Crippen LogP contribution < -0.4 is 5.73 Å². The molecule has 1 aromatic rings. The first-order valence-corrected chi connectivity index (χ1v) is 3.23. The Morgan fingerprint density at radius 2 is 2.40 bits per heavy atom.